The van der Waals surface area contributed by atoms with Gasteiger partial charge in [-0.1, -0.05) is 6.42 Å². The van der Waals surface area contributed by atoms with Crippen LogP contribution in [-0.4, -0.2) is 61.0 Å². The second kappa shape index (κ2) is 4.94. The van der Waals surface area contributed by atoms with Crippen molar-refractivity contribution in [2.75, 3.05) is 39.3 Å². The minimum atomic E-state index is 0.404. The standard InChI is InChI=1S/C13H23N3O/c17-13(8-11-2-1-3-11)16-9-12(10-16)15-6-4-14-5-7-15/h11-12,14H,1-10H2. The largest absolute Gasteiger partial charge is 0.339 e. The summed E-state index contributed by atoms with van der Waals surface area (Å²) in [6, 6.07) is 0.641. The van der Waals surface area contributed by atoms with Gasteiger partial charge in [-0.05, 0) is 18.8 Å². The van der Waals surface area contributed by atoms with Gasteiger partial charge in [-0.25, -0.2) is 0 Å². The molecule has 3 rings (SSSR count). The zero-order valence-corrected chi connectivity index (χ0v) is 10.5. The van der Waals surface area contributed by atoms with Crippen LogP contribution in [0.25, 0.3) is 0 Å². The van der Waals surface area contributed by atoms with Crippen LogP contribution >= 0.6 is 0 Å². The number of hydrogen-bond acceptors (Lipinski definition) is 3. The van der Waals surface area contributed by atoms with Crippen molar-refractivity contribution in [1.82, 2.24) is 15.1 Å². The number of carbonyl (C=O) groups is 1. The number of hydrogen-bond donors (Lipinski definition) is 1. The smallest absolute Gasteiger partial charge is 0.222 e. The van der Waals surface area contributed by atoms with Crippen LogP contribution in [0.3, 0.4) is 0 Å². The minimum Gasteiger partial charge on any atom is -0.339 e. The molecule has 0 aromatic heterocycles. The molecule has 1 aliphatic carbocycles. The van der Waals surface area contributed by atoms with E-state index in [4.69, 9.17) is 0 Å². The Balaban J connectivity index is 1.39. The molecule has 0 unspecified atom stereocenters. The zero-order chi connectivity index (χ0) is 11.7. The molecule has 4 nitrogen and oxygen atoms in total. The third-order valence-electron chi connectivity index (χ3n) is 4.57. The van der Waals surface area contributed by atoms with Gasteiger partial charge >= 0.3 is 0 Å². The summed E-state index contributed by atoms with van der Waals surface area (Å²) in [7, 11) is 0. The molecule has 2 heterocycles. The summed E-state index contributed by atoms with van der Waals surface area (Å²) in [5.41, 5.74) is 0. The van der Waals surface area contributed by atoms with Crippen LogP contribution in [0.1, 0.15) is 25.7 Å². The first-order valence-corrected chi connectivity index (χ1v) is 7.05. The monoisotopic (exact) mass is 237 g/mol. The van der Waals surface area contributed by atoms with E-state index in [-0.39, 0.29) is 0 Å². The predicted molar refractivity (Wildman–Crippen MR) is 66.8 cm³/mol. The molecule has 2 saturated heterocycles. The van der Waals surface area contributed by atoms with Crippen molar-refractivity contribution in [3.8, 4) is 0 Å². The quantitative estimate of drug-likeness (QED) is 0.766. The molecule has 0 bridgehead atoms. The Morgan fingerprint density at radius 1 is 1.18 bits per heavy atom. The Kier molecular flexibility index (Phi) is 3.34. The molecule has 17 heavy (non-hydrogen) atoms. The van der Waals surface area contributed by atoms with E-state index in [1.54, 1.807) is 0 Å². The van der Waals surface area contributed by atoms with Crippen LogP contribution in [-0.2, 0) is 4.79 Å². The number of nitrogens with one attached hydrogen (secondary N) is 1. The van der Waals surface area contributed by atoms with Crippen molar-refractivity contribution in [2.24, 2.45) is 5.92 Å². The van der Waals surface area contributed by atoms with Gasteiger partial charge in [0.05, 0.1) is 0 Å². The lowest BCUT2D eigenvalue weighted by atomic mass is 9.82. The summed E-state index contributed by atoms with van der Waals surface area (Å²) in [6.45, 7) is 6.46. The highest BCUT2D eigenvalue weighted by Gasteiger charge is 2.36. The third-order valence-corrected chi connectivity index (χ3v) is 4.57. The predicted octanol–water partition coefficient (Wildman–Crippen LogP) is 0.293. The molecular formula is C13H23N3O. The molecule has 3 aliphatic rings. The van der Waals surface area contributed by atoms with Crippen LogP contribution in [0.15, 0.2) is 0 Å². The Bertz CT molecular complexity index is 278. The number of carbonyl (C=O) groups excluding carboxylic acids is 1. The molecule has 1 amide bonds. The molecule has 4 heteroatoms. The lowest BCUT2D eigenvalue weighted by molar-refractivity contribution is -0.140. The van der Waals surface area contributed by atoms with Crippen molar-refractivity contribution in [1.29, 1.82) is 0 Å². The normalized spacial score (nSPS) is 27.6. The van der Waals surface area contributed by atoms with Gasteiger partial charge in [0.2, 0.25) is 5.91 Å². The van der Waals surface area contributed by atoms with Crippen LogP contribution in [0.5, 0.6) is 0 Å². The van der Waals surface area contributed by atoms with E-state index >= 15 is 0 Å². The Morgan fingerprint density at radius 2 is 1.88 bits per heavy atom. The first-order chi connectivity index (χ1) is 8.33. The zero-order valence-electron chi connectivity index (χ0n) is 10.5. The fraction of sp³-hybridized carbons (Fsp3) is 0.923. The molecule has 1 saturated carbocycles. The van der Waals surface area contributed by atoms with Crippen molar-refractivity contribution >= 4 is 5.91 Å². The molecule has 0 aromatic rings. The van der Waals surface area contributed by atoms with Gasteiger partial charge in [-0.3, -0.25) is 9.69 Å². The molecule has 0 aromatic carbocycles. The van der Waals surface area contributed by atoms with Gasteiger partial charge in [0.1, 0.15) is 0 Å². The third kappa shape index (κ3) is 2.47. The van der Waals surface area contributed by atoms with Crippen molar-refractivity contribution in [3.05, 3.63) is 0 Å². The van der Waals surface area contributed by atoms with Crippen LogP contribution < -0.4 is 5.32 Å². The maximum atomic E-state index is 12.0. The summed E-state index contributed by atoms with van der Waals surface area (Å²) >= 11 is 0. The molecule has 1 N–H and O–H groups in total. The van der Waals surface area contributed by atoms with Gasteiger partial charge in [0.25, 0.3) is 0 Å². The number of nitrogens with zero attached hydrogens (tertiary/aromatic N) is 2. The highest BCUT2D eigenvalue weighted by Crippen LogP contribution is 2.30. The Morgan fingerprint density at radius 3 is 2.47 bits per heavy atom. The second-order valence-corrected chi connectivity index (χ2v) is 5.74. The fourth-order valence-corrected chi connectivity index (χ4v) is 3.01. The first kappa shape index (κ1) is 11.5. The number of likely N-dealkylation sites (tertiary alicyclic amines) is 1. The van der Waals surface area contributed by atoms with E-state index in [1.807, 2.05) is 0 Å². The summed E-state index contributed by atoms with van der Waals surface area (Å²) in [5, 5.41) is 3.37. The SMILES string of the molecule is O=C(CC1CCC1)N1CC(N2CCNCC2)C1. The highest BCUT2D eigenvalue weighted by molar-refractivity contribution is 5.77. The van der Waals surface area contributed by atoms with Crippen molar-refractivity contribution < 1.29 is 4.79 Å². The second-order valence-electron chi connectivity index (χ2n) is 5.74. The first-order valence-electron chi connectivity index (χ1n) is 7.05. The number of rotatable bonds is 3. The molecule has 96 valence electrons. The van der Waals surface area contributed by atoms with E-state index < -0.39 is 0 Å². The molecule has 0 radical (unpaired) electrons. The van der Waals surface area contributed by atoms with Crippen molar-refractivity contribution in [3.63, 3.8) is 0 Å². The minimum absolute atomic E-state index is 0.404. The summed E-state index contributed by atoms with van der Waals surface area (Å²) in [6.07, 6.45) is 4.71. The number of amides is 1. The van der Waals surface area contributed by atoms with Gasteiger partial charge in [-0.15, -0.1) is 0 Å². The topological polar surface area (TPSA) is 35.6 Å². The molecule has 0 atom stereocenters. The molecule has 0 spiro atoms. The van der Waals surface area contributed by atoms with E-state index in [2.05, 4.69) is 15.1 Å². The summed E-state index contributed by atoms with van der Waals surface area (Å²) in [5.74, 6) is 1.11. The maximum absolute atomic E-state index is 12.0. The average molecular weight is 237 g/mol. The van der Waals surface area contributed by atoms with E-state index in [0.717, 1.165) is 45.7 Å². The molecular weight excluding hydrogens is 214 g/mol. The lowest BCUT2D eigenvalue weighted by Gasteiger charge is -2.47. The maximum Gasteiger partial charge on any atom is 0.222 e. The van der Waals surface area contributed by atoms with Gasteiger partial charge in [-0.2, -0.15) is 0 Å². The fourth-order valence-electron chi connectivity index (χ4n) is 3.01. The summed E-state index contributed by atoms with van der Waals surface area (Å²) < 4.78 is 0. The van der Waals surface area contributed by atoms with E-state index in [9.17, 15) is 4.79 Å². The van der Waals surface area contributed by atoms with Crippen LogP contribution in [0.2, 0.25) is 0 Å². The molecule has 2 aliphatic heterocycles. The number of piperazine rings is 1. The highest BCUT2D eigenvalue weighted by atomic mass is 16.2. The Hall–Kier alpha value is -0.610. The van der Waals surface area contributed by atoms with Gasteiger partial charge in [0.15, 0.2) is 0 Å². The Labute approximate surface area is 103 Å². The van der Waals surface area contributed by atoms with Gasteiger partial charge < -0.3 is 10.2 Å². The van der Waals surface area contributed by atoms with Gasteiger partial charge in [0, 0.05) is 51.7 Å². The van der Waals surface area contributed by atoms with Crippen LogP contribution in [0, 0.1) is 5.92 Å². The lowest BCUT2D eigenvalue weighted by Crippen LogP contribution is -2.64. The molecule has 3 fully saturated rings. The summed E-state index contributed by atoms with van der Waals surface area (Å²) in [4.78, 5) is 16.5. The van der Waals surface area contributed by atoms with Crippen molar-refractivity contribution in [2.45, 2.75) is 31.7 Å². The van der Waals surface area contributed by atoms with E-state index in [1.165, 1.54) is 19.3 Å². The average Bonchev–Trinajstić information content (AvgIpc) is 2.23. The van der Waals surface area contributed by atoms with Crippen LogP contribution in [0.4, 0.5) is 0 Å². The van der Waals surface area contributed by atoms with E-state index in [0.29, 0.717) is 17.9 Å².